The lowest BCUT2D eigenvalue weighted by atomic mass is 10.1. The third-order valence-electron chi connectivity index (χ3n) is 1.49. The van der Waals surface area contributed by atoms with Gasteiger partial charge in [0.25, 0.3) is 5.70 Å². The van der Waals surface area contributed by atoms with Crippen molar-refractivity contribution in [3.05, 3.63) is 52.1 Å². The summed E-state index contributed by atoms with van der Waals surface area (Å²) in [7, 11) is 0. The Bertz CT molecular complexity index is 343. The Kier molecular flexibility index (Phi) is 2.92. The molecule has 0 spiro atoms. The third-order valence-corrected chi connectivity index (χ3v) is 1.49. The lowest BCUT2D eigenvalue weighted by molar-refractivity contribution is -0.375. The quantitative estimate of drug-likeness (QED) is 0.304. The van der Waals surface area contributed by atoms with E-state index in [1.165, 1.54) is 0 Å². The monoisotopic (exact) mass is 177 g/mol. The standard InChI is InChI=1S/C9H7NO3/c11-7-6-9(10(12)13)8-4-2-1-3-5-8/h1-7H. The van der Waals surface area contributed by atoms with Gasteiger partial charge in [0.2, 0.25) is 0 Å². The Morgan fingerprint density at radius 3 is 2.38 bits per heavy atom. The molecule has 66 valence electrons. The van der Waals surface area contributed by atoms with Crippen LogP contribution >= 0.6 is 0 Å². The van der Waals surface area contributed by atoms with Crippen molar-refractivity contribution < 1.29 is 9.72 Å². The Hall–Kier alpha value is -1.97. The van der Waals surface area contributed by atoms with Gasteiger partial charge in [-0.05, 0) is 12.1 Å². The molecule has 1 rings (SSSR count). The van der Waals surface area contributed by atoms with Crippen molar-refractivity contribution in [1.29, 1.82) is 0 Å². The molecule has 0 saturated heterocycles. The summed E-state index contributed by atoms with van der Waals surface area (Å²) < 4.78 is 0. The highest BCUT2D eigenvalue weighted by atomic mass is 16.6. The fourth-order valence-corrected chi connectivity index (χ4v) is 0.936. The molecule has 0 bridgehead atoms. The molecule has 13 heavy (non-hydrogen) atoms. The smallest absolute Gasteiger partial charge is 0.279 e. The zero-order valence-corrected chi connectivity index (χ0v) is 6.71. The van der Waals surface area contributed by atoms with Crippen LogP contribution < -0.4 is 0 Å². The van der Waals surface area contributed by atoms with Gasteiger partial charge in [0, 0.05) is 0 Å². The molecule has 4 heteroatoms. The molecular formula is C9H7NO3. The molecule has 1 aromatic carbocycles. The second-order valence-corrected chi connectivity index (χ2v) is 2.31. The van der Waals surface area contributed by atoms with Crippen molar-refractivity contribution in [2.45, 2.75) is 0 Å². The van der Waals surface area contributed by atoms with Crippen LogP contribution in [-0.2, 0) is 4.79 Å². The van der Waals surface area contributed by atoms with Gasteiger partial charge in [0.1, 0.15) is 6.29 Å². The predicted octanol–water partition coefficient (Wildman–Crippen LogP) is 1.50. The number of nitro groups is 1. The highest BCUT2D eigenvalue weighted by Crippen LogP contribution is 2.12. The third kappa shape index (κ3) is 2.23. The number of aldehydes is 1. The maximum atomic E-state index is 10.5. The van der Waals surface area contributed by atoms with Crippen molar-refractivity contribution in [2.24, 2.45) is 0 Å². The van der Waals surface area contributed by atoms with E-state index in [1.54, 1.807) is 30.3 Å². The maximum absolute atomic E-state index is 10.5. The summed E-state index contributed by atoms with van der Waals surface area (Å²) >= 11 is 0. The lowest BCUT2D eigenvalue weighted by Gasteiger charge is -1.95. The number of rotatable bonds is 3. The minimum absolute atomic E-state index is 0.185. The summed E-state index contributed by atoms with van der Waals surface area (Å²) in [4.78, 5) is 20.0. The van der Waals surface area contributed by atoms with Gasteiger partial charge < -0.3 is 0 Å². The average Bonchev–Trinajstić information content (AvgIpc) is 2.15. The minimum Gasteiger partial charge on any atom is -0.298 e. The zero-order valence-electron chi connectivity index (χ0n) is 6.71. The van der Waals surface area contributed by atoms with E-state index in [2.05, 4.69) is 0 Å². The Labute approximate surface area is 74.7 Å². The van der Waals surface area contributed by atoms with Gasteiger partial charge in [-0.25, -0.2) is 0 Å². The summed E-state index contributed by atoms with van der Waals surface area (Å²) in [5, 5.41) is 10.5. The van der Waals surface area contributed by atoms with Gasteiger partial charge in [-0.1, -0.05) is 18.2 Å². The van der Waals surface area contributed by atoms with E-state index < -0.39 is 4.92 Å². The first-order valence-electron chi connectivity index (χ1n) is 3.61. The molecule has 0 aromatic heterocycles. The van der Waals surface area contributed by atoms with E-state index in [0.29, 0.717) is 11.8 Å². The van der Waals surface area contributed by atoms with Gasteiger partial charge in [-0.2, -0.15) is 0 Å². The second kappa shape index (κ2) is 4.15. The zero-order chi connectivity index (χ0) is 9.68. The van der Waals surface area contributed by atoms with Gasteiger partial charge in [-0.15, -0.1) is 0 Å². The Morgan fingerprint density at radius 1 is 1.31 bits per heavy atom. The summed E-state index contributed by atoms with van der Waals surface area (Å²) in [5.74, 6) is 0. The number of benzene rings is 1. The van der Waals surface area contributed by atoms with Crippen LogP contribution in [0.3, 0.4) is 0 Å². The number of carbonyl (C=O) groups excluding carboxylic acids is 1. The molecule has 0 unspecified atom stereocenters. The predicted molar refractivity (Wildman–Crippen MR) is 47.5 cm³/mol. The molecule has 0 amide bonds. The van der Waals surface area contributed by atoms with Crippen LogP contribution in [0, 0.1) is 10.1 Å². The van der Waals surface area contributed by atoms with Crippen LogP contribution in [0.15, 0.2) is 36.4 Å². The van der Waals surface area contributed by atoms with Crippen LogP contribution in [0.2, 0.25) is 0 Å². The topological polar surface area (TPSA) is 60.2 Å². The number of nitrogens with zero attached hydrogens (tertiary/aromatic N) is 1. The molecule has 1 aromatic rings. The van der Waals surface area contributed by atoms with Crippen molar-refractivity contribution in [2.75, 3.05) is 0 Å². The van der Waals surface area contributed by atoms with Crippen molar-refractivity contribution in [3.63, 3.8) is 0 Å². The number of hydrogen-bond acceptors (Lipinski definition) is 3. The Balaban J connectivity index is 3.10. The summed E-state index contributed by atoms with van der Waals surface area (Å²) in [5.41, 5.74) is 0.246. The van der Waals surface area contributed by atoms with E-state index >= 15 is 0 Å². The molecule has 0 radical (unpaired) electrons. The summed E-state index contributed by atoms with van der Waals surface area (Å²) in [6, 6.07) is 8.27. The van der Waals surface area contributed by atoms with Crippen LogP contribution in [0.5, 0.6) is 0 Å². The fraction of sp³-hybridized carbons (Fsp3) is 0. The molecule has 0 saturated carbocycles. The van der Waals surface area contributed by atoms with Crippen LogP contribution in [0.1, 0.15) is 5.56 Å². The van der Waals surface area contributed by atoms with Crippen LogP contribution in [0.4, 0.5) is 0 Å². The molecule has 0 aliphatic carbocycles. The molecule has 0 atom stereocenters. The molecule has 4 nitrogen and oxygen atoms in total. The van der Waals surface area contributed by atoms with Gasteiger partial charge in [0.05, 0.1) is 16.6 Å². The largest absolute Gasteiger partial charge is 0.298 e. The molecule has 0 fully saturated rings. The van der Waals surface area contributed by atoms with Crippen molar-refractivity contribution >= 4 is 12.0 Å². The molecule has 0 aliphatic rings. The van der Waals surface area contributed by atoms with Crippen LogP contribution in [0.25, 0.3) is 5.70 Å². The lowest BCUT2D eigenvalue weighted by Crippen LogP contribution is -1.97. The Morgan fingerprint density at radius 2 is 1.92 bits per heavy atom. The van der Waals surface area contributed by atoms with E-state index in [0.717, 1.165) is 6.08 Å². The van der Waals surface area contributed by atoms with E-state index in [9.17, 15) is 14.9 Å². The normalized spacial score (nSPS) is 10.9. The van der Waals surface area contributed by atoms with Gasteiger partial charge >= 0.3 is 0 Å². The fourth-order valence-electron chi connectivity index (χ4n) is 0.936. The van der Waals surface area contributed by atoms with Crippen molar-refractivity contribution in [1.82, 2.24) is 0 Å². The van der Waals surface area contributed by atoms with E-state index in [-0.39, 0.29) is 5.70 Å². The number of allylic oxidation sites excluding steroid dienone is 1. The molecular weight excluding hydrogens is 170 g/mol. The minimum atomic E-state index is -0.580. The first-order chi connectivity index (χ1) is 6.25. The second-order valence-electron chi connectivity index (χ2n) is 2.31. The maximum Gasteiger partial charge on any atom is 0.279 e. The van der Waals surface area contributed by atoms with E-state index in [4.69, 9.17) is 0 Å². The van der Waals surface area contributed by atoms with Crippen LogP contribution in [-0.4, -0.2) is 11.2 Å². The summed E-state index contributed by atoms with van der Waals surface area (Å²) in [6.07, 6.45) is 1.35. The highest BCUT2D eigenvalue weighted by molar-refractivity contribution is 5.77. The highest BCUT2D eigenvalue weighted by Gasteiger charge is 2.11. The average molecular weight is 177 g/mol. The molecule has 0 heterocycles. The van der Waals surface area contributed by atoms with Gasteiger partial charge in [-0.3, -0.25) is 14.9 Å². The van der Waals surface area contributed by atoms with E-state index in [1.807, 2.05) is 0 Å². The summed E-state index contributed by atoms with van der Waals surface area (Å²) in [6.45, 7) is 0. The SMILES string of the molecule is O=CC=C(c1ccccc1)[N+](=O)[O-]. The van der Waals surface area contributed by atoms with Gasteiger partial charge in [0.15, 0.2) is 0 Å². The first-order valence-corrected chi connectivity index (χ1v) is 3.61. The first kappa shape index (κ1) is 9.12. The number of hydrogen-bond donors (Lipinski definition) is 0. The molecule has 0 aliphatic heterocycles. The van der Waals surface area contributed by atoms with Crippen molar-refractivity contribution in [3.8, 4) is 0 Å². The number of carbonyl (C=O) groups is 1. The molecule has 0 N–H and O–H groups in total.